The van der Waals surface area contributed by atoms with E-state index in [9.17, 15) is 0 Å². The van der Waals surface area contributed by atoms with Gasteiger partial charge >= 0.3 is 0 Å². The van der Waals surface area contributed by atoms with Gasteiger partial charge in [-0.3, -0.25) is 0 Å². The molecule has 1 aromatic heterocycles. The van der Waals surface area contributed by atoms with Crippen LogP contribution in [0.1, 0.15) is 32.2 Å². The molecule has 112 valence electrons. The van der Waals surface area contributed by atoms with E-state index in [0.717, 1.165) is 28.2 Å². The fourth-order valence-corrected chi connectivity index (χ4v) is 2.63. The lowest BCUT2D eigenvalue weighted by atomic mass is 10.1. The maximum absolute atomic E-state index is 4.43. The molecular weight excluding hydrogens is 346 g/mol. The molecule has 0 bridgehead atoms. The summed E-state index contributed by atoms with van der Waals surface area (Å²) in [4.78, 5) is 10.1. The van der Waals surface area contributed by atoms with Crippen LogP contribution in [0.3, 0.4) is 0 Å². The highest BCUT2D eigenvalue weighted by Crippen LogP contribution is 2.23. The molecule has 2 aromatic rings. The molecular formula is C16H20BrN3S. The van der Waals surface area contributed by atoms with Crippen molar-refractivity contribution in [2.45, 2.75) is 43.5 Å². The lowest BCUT2D eigenvalue weighted by molar-refractivity contribution is 0.423. The van der Waals surface area contributed by atoms with E-state index in [1.54, 1.807) is 11.8 Å². The minimum Gasteiger partial charge on any atom is -0.308 e. The molecule has 0 amide bonds. The first kappa shape index (κ1) is 16.5. The van der Waals surface area contributed by atoms with E-state index >= 15 is 0 Å². The number of benzene rings is 1. The average molecular weight is 366 g/mol. The molecule has 3 nitrogen and oxygen atoms in total. The van der Waals surface area contributed by atoms with Gasteiger partial charge in [0.1, 0.15) is 5.82 Å². The first-order chi connectivity index (χ1) is 9.92. The van der Waals surface area contributed by atoms with Crippen LogP contribution >= 0.6 is 27.7 Å². The van der Waals surface area contributed by atoms with Crippen molar-refractivity contribution in [1.82, 2.24) is 15.3 Å². The van der Waals surface area contributed by atoms with Gasteiger partial charge in [-0.25, -0.2) is 9.97 Å². The fraction of sp³-hybridized carbons (Fsp3) is 0.375. The zero-order valence-corrected chi connectivity index (χ0v) is 15.0. The summed E-state index contributed by atoms with van der Waals surface area (Å²) in [5.41, 5.74) is 1.22. The number of hydrogen-bond donors (Lipinski definition) is 1. The van der Waals surface area contributed by atoms with Gasteiger partial charge in [0.2, 0.25) is 0 Å². The molecule has 0 radical (unpaired) electrons. The molecule has 0 saturated carbocycles. The number of halogens is 1. The number of nitrogens with one attached hydrogen (secondary N) is 1. The van der Waals surface area contributed by atoms with Crippen molar-refractivity contribution in [2.24, 2.45) is 0 Å². The average Bonchev–Trinajstić information content (AvgIpc) is 2.45. The minimum absolute atomic E-state index is 0.107. The van der Waals surface area contributed by atoms with Gasteiger partial charge in [0.15, 0.2) is 0 Å². The van der Waals surface area contributed by atoms with E-state index in [-0.39, 0.29) is 5.54 Å². The van der Waals surface area contributed by atoms with Crippen molar-refractivity contribution in [3.8, 4) is 0 Å². The molecule has 0 saturated heterocycles. The van der Waals surface area contributed by atoms with E-state index in [1.165, 1.54) is 4.90 Å². The molecule has 0 spiro atoms. The third-order valence-corrected chi connectivity index (χ3v) is 4.30. The van der Waals surface area contributed by atoms with Crippen LogP contribution in [-0.2, 0) is 12.3 Å². The largest absolute Gasteiger partial charge is 0.308 e. The summed E-state index contributed by atoms with van der Waals surface area (Å²) in [6.45, 7) is 7.24. The van der Waals surface area contributed by atoms with Crippen LogP contribution in [0.15, 0.2) is 46.0 Å². The van der Waals surface area contributed by atoms with E-state index in [1.807, 2.05) is 24.5 Å². The Morgan fingerprint density at radius 3 is 2.29 bits per heavy atom. The Hall–Kier alpha value is -0.910. The van der Waals surface area contributed by atoms with Crippen LogP contribution < -0.4 is 5.32 Å². The quantitative estimate of drug-likeness (QED) is 0.795. The molecule has 5 heteroatoms. The van der Waals surface area contributed by atoms with Gasteiger partial charge in [0.25, 0.3) is 0 Å². The molecule has 21 heavy (non-hydrogen) atoms. The monoisotopic (exact) mass is 365 g/mol. The second-order valence-corrected chi connectivity index (χ2v) is 7.82. The van der Waals surface area contributed by atoms with Crippen LogP contribution in [0.2, 0.25) is 0 Å². The van der Waals surface area contributed by atoms with Gasteiger partial charge in [-0.05, 0) is 45.0 Å². The van der Waals surface area contributed by atoms with Crippen molar-refractivity contribution in [2.75, 3.05) is 0 Å². The molecule has 0 aliphatic carbocycles. The Morgan fingerprint density at radius 1 is 1.10 bits per heavy atom. The summed E-state index contributed by atoms with van der Waals surface area (Å²) in [7, 11) is 0. The van der Waals surface area contributed by atoms with Gasteiger partial charge in [0.05, 0.1) is 5.75 Å². The third-order valence-electron chi connectivity index (χ3n) is 2.76. The van der Waals surface area contributed by atoms with Crippen LogP contribution in [-0.4, -0.2) is 15.5 Å². The van der Waals surface area contributed by atoms with Crippen LogP contribution in [0, 0.1) is 0 Å². The lowest BCUT2D eigenvalue weighted by Gasteiger charge is -2.20. The number of nitrogens with zero attached hydrogens (tertiary/aromatic N) is 2. The smallest absolute Gasteiger partial charge is 0.138 e. The first-order valence-electron chi connectivity index (χ1n) is 6.85. The van der Waals surface area contributed by atoms with Gasteiger partial charge in [-0.2, -0.15) is 0 Å². The minimum atomic E-state index is 0.107. The molecule has 0 aliphatic heterocycles. The topological polar surface area (TPSA) is 37.8 Å². The summed E-state index contributed by atoms with van der Waals surface area (Å²) >= 11 is 5.18. The third kappa shape index (κ3) is 6.16. The van der Waals surface area contributed by atoms with E-state index in [2.05, 4.69) is 64.1 Å². The number of hydrogen-bond acceptors (Lipinski definition) is 4. The second-order valence-electron chi connectivity index (χ2n) is 5.85. The van der Waals surface area contributed by atoms with E-state index in [0.29, 0.717) is 0 Å². The Morgan fingerprint density at radius 2 is 1.71 bits per heavy atom. The normalized spacial score (nSPS) is 11.6. The SMILES string of the molecule is CC(C)(C)NCc1cnc(CSc2ccc(Br)cc2)nc1. The molecule has 1 aromatic carbocycles. The summed E-state index contributed by atoms with van der Waals surface area (Å²) < 4.78 is 1.10. The number of rotatable bonds is 5. The van der Waals surface area contributed by atoms with Crippen molar-refractivity contribution in [1.29, 1.82) is 0 Å². The van der Waals surface area contributed by atoms with Crippen LogP contribution in [0.5, 0.6) is 0 Å². The van der Waals surface area contributed by atoms with Crippen LogP contribution in [0.4, 0.5) is 0 Å². The Balaban J connectivity index is 1.86. The second kappa shape index (κ2) is 7.38. The van der Waals surface area contributed by atoms with Crippen LogP contribution in [0.25, 0.3) is 0 Å². The maximum Gasteiger partial charge on any atom is 0.138 e. The van der Waals surface area contributed by atoms with E-state index < -0.39 is 0 Å². The summed E-state index contributed by atoms with van der Waals surface area (Å²) in [6, 6.07) is 8.28. The van der Waals surface area contributed by atoms with Crippen molar-refractivity contribution in [3.05, 3.63) is 52.5 Å². The Kier molecular flexibility index (Phi) is 5.79. The molecule has 1 heterocycles. The zero-order chi connectivity index (χ0) is 15.3. The number of aromatic nitrogens is 2. The first-order valence-corrected chi connectivity index (χ1v) is 8.63. The highest BCUT2D eigenvalue weighted by atomic mass is 79.9. The molecule has 0 aliphatic rings. The van der Waals surface area contributed by atoms with Gasteiger partial charge < -0.3 is 5.32 Å². The van der Waals surface area contributed by atoms with Gasteiger partial charge in [0, 0.05) is 39.4 Å². The fourth-order valence-electron chi connectivity index (χ4n) is 1.59. The van der Waals surface area contributed by atoms with Crippen molar-refractivity contribution < 1.29 is 0 Å². The highest BCUT2D eigenvalue weighted by Gasteiger charge is 2.08. The molecule has 0 atom stereocenters. The lowest BCUT2D eigenvalue weighted by Crippen LogP contribution is -2.35. The number of thioether (sulfide) groups is 1. The van der Waals surface area contributed by atoms with E-state index in [4.69, 9.17) is 0 Å². The molecule has 2 rings (SSSR count). The predicted octanol–water partition coefficient (Wildman–Crippen LogP) is 4.42. The summed E-state index contributed by atoms with van der Waals surface area (Å²) in [6.07, 6.45) is 3.81. The highest BCUT2D eigenvalue weighted by molar-refractivity contribution is 9.10. The molecule has 1 N–H and O–H groups in total. The Bertz CT molecular complexity index is 562. The molecule has 0 unspecified atom stereocenters. The predicted molar refractivity (Wildman–Crippen MR) is 92.3 cm³/mol. The molecule has 0 fully saturated rings. The summed E-state index contributed by atoms with van der Waals surface area (Å²) in [5.74, 6) is 1.65. The Labute approximate surface area is 139 Å². The van der Waals surface area contributed by atoms with Gasteiger partial charge in [-0.15, -0.1) is 11.8 Å². The van der Waals surface area contributed by atoms with Crippen molar-refractivity contribution in [3.63, 3.8) is 0 Å². The van der Waals surface area contributed by atoms with Crippen molar-refractivity contribution >= 4 is 27.7 Å². The standard InChI is InChI=1S/C16H20BrN3S/c1-16(2,3)20-10-12-8-18-15(19-9-12)11-21-14-6-4-13(17)5-7-14/h4-9,20H,10-11H2,1-3H3. The maximum atomic E-state index is 4.43. The van der Waals surface area contributed by atoms with Gasteiger partial charge in [-0.1, -0.05) is 15.9 Å². The zero-order valence-electron chi connectivity index (χ0n) is 12.6. The summed E-state index contributed by atoms with van der Waals surface area (Å²) in [5, 5.41) is 3.43.